The van der Waals surface area contributed by atoms with Crippen LogP contribution in [0.25, 0.3) is 22.3 Å². The Morgan fingerprint density at radius 2 is 2.25 bits per heavy atom. The summed E-state index contributed by atoms with van der Waals surface area (Å²) in [4.78, 5) is 11.5. The molecule has 1 fully saturated rings. The molecule has 0 aromatic carbocycles. The minimum absolute atomic E-state index is 0.347. The topological polar surface area (TPSA) is 59.4 Å². The lowest BCUT2D eigenvalue weighted by Gasteiger charge is -2.46. The van der Waals surface area contributed by atoms with E-state index in [9.17, 15) is 8.78 Å². The van der Waals surface area contributed by atoms with E-state index in [0.29, 0.717) is 19.3 Å². The third kappa shape index (κ3) is 2.18. The molecular weight excluding hydrogens is 312 g/mol. The molecule has 0 bridgehead atoms. The van der Waals surface area contributed by atoms with Crippen LogP contribution < -0.4 is 0 Å². The van der Waals surface area contributed by atoms with Crippen molar-refractivity contribution in [1.82, 2.24) is 24.7 Å². The van der Waals surface area contributed by atoms with Crippen molar-refractivity contribution in [1.29, 1.82) is 0 Å². The zero-order chi connectivity index (χ0) is 16.7. The summed E-state index contributed by atoms with van der Waals surface area (Å²) in [5.41, 5.74) is 1.80. The second-order valence-corrected chi connectivity index (χ2v) is 6.24. The Morgan fingerprint density at radius 3 is 3.00 bits per heavy atom. The predicted molar refractivity (Wildman–Crippen MR) is 85.3 cm³/mol. The van der Waals surface area contributed by atoms with Crippen LogP contribution in [0.5, 0.6) is 0 Å². The van der Waals surface area contributed by atoms with Gasteiger partial charge >= 0.3 is 0 Å². The molecule has 0 amide bonds. The molecule has 3 aromatic heterocycles. The number of hydrogen-bond acceptors (Lipinski definition) is 3. The molecule has 1 saturated carbocycles. The fourth-order valence-corrected chi connectivity index (χ4v) is 3.50. The quantitative estimate of drug-likeness (QED) is 0.749. The third-order valence-corrected chi connectivity index (χ3v) is 4.77. The molecule has 4 rings (SSSR count). The van der Waals surface area contributed by atoms with E-state index in [4.69, 9.17) is 6.42 Å². The number of rotatable bonds is 4. The van der Waals surface area contributed by atoms with Gasteiger partial charge in [-0.3, -0.25) is 4.68 Å². The minimum atomic E-state index is -2.31. The van der Waals surface area contributed by atoms with Crippen molar-refractivity contribution in [2.45, 2.75) is 31.2 Å². The van der Waals surface area contributed by atoms with Crippen molar-refractivity contribution in [2.75, 3.05) is 0 Å². The second kappa shape index (κ2) is 5.41. The van der Waals surface area contributed by atoms with Gasteiger partial charge in [0.15, 0.2) is 0 Å². The van der Waals surface area contributed by atoms with Crippen LogP contribution in [-0.4, -0.2) is 31.2 Å². The van der Waals surface area contributed by atoms with Gasteiger partial charge in [0.05, 0.1) is 17.4 Å². The molecule has 1 aliphatic rings. The van der Waals surface area contributed by atoms with E-state index < -0.39 is 17.9 Å². The van der Waals surface area contributed by atoms with Gasteiger partial charge < -0.3 is 4.98 Å². The van der Waals surface area contributed by atoms with E-state index >= 15 is 0 Å². The van der Waals surface area contributed by atoms with E-state index in [-0.39, 0.29) is 0 Å². The van der Waals surface area contributed by atoms with Crippen molar-refractivity contribution in [3.63, 3.8) is 0 Å². The Labute approximate surface area is 137 Å². The molecular formula is C17H15F2N5. The number of aromatic nitrogens is 5. The zero-order valence-corrected chi connectivity index (χ0v) is 12.8. The van der Waals surface area contributed by atoms with E-state index in [0.717, 1.165) is 22.3 Å². The van der Waals surface area contributed by atoms with Crippen molar-refractivity contribution < 1.29 is 8.78 Å². The highest BCUT2D eigenvalue weighted by Gasteiger charge is 2.49. The first-order chi connectivity index (χ1) is 11.6. The Morgan fingerprint density at radius 1 is 1.42 bits per heavy atom. The number of alkyl halides is 2. The molecule has 0 atom stereocenters. The third-order valence-electron chi connectivity index (χ3n) is 4.77. The molecule has 3 heterocycles. The lowest BCUT2D eigenvalue weighted by Crippen LogP contribution is -2.48. The molecule has 0 aliphatic heterocycles. The molecule has 3 aromatic rings. The number of halogens is 2. The van der Waals surface area contributed by atoms with E-state index in [1.165, 1.54) is 6.33 Å². The Kier molecular flexibility index (Phi) is 3.34. The average molecular weight is 327 g/mol. The number of terminal acetylenes is 1. The SMILES string of the molecule is C#CCC1(n2cc(-c3ncnc4[nH]ccc34)cn2)CC(C(F)F)C1. The maximum absolute atomic E-state index is 12.9. The Hall–Kier alpha value is -2.75. The molecule has 1 N–H and O–H groups in total. The van der Waals surface area contributed by atoms with E-state index in [1.54, 1.807) is 17.1 Å². The number of nitrogens with zero attached hydrogens (tertiary/aromatic N) is 4. The minimum Gasteiger partial charge on any atom is -0.346 e. The smallest absolute Gasteiger partial charge is 0.241 e. The predicted octanol–water partition coefficient (Wildman–Crippen LogP) is 3.22. The summed E-state index contributed by atoms with van der Waals surface area (Å²) < 4.78 is 27.5. The second-order valence-electron chi connectivity index (χ2n) is 6.24. The largest absolute Gasteiger partial charge is 0.346 e. The lowest BCUT2D eigenvalue weighted by atomic mass is 9.67. The summed E-state index contributed by atoms with van der Waals surface area (Å²) in [6.45, 7) is 0. The van der Waals surface area contributed by atoms with Gasteiger partial charge in [0.2, 0.25) is 6.43 Å². The van der Waals surface area contributed by atoms with E-state index in [2.05, 4.69) is 26.0 Å². The summed E-state index contributed by atoms with van der Waals surface area (Å²) in [5, 5.41) is 5.29. The Bertz CT molecular complexity index is 914. The Balaban J connectivity index is 1.70. The van der Waals surface area contributed by atoms with Crippen molar-refractivity contribution >= 4 is 11.0 Å². The molecule has 0 unspecified atom stereocenters. The normalized spacial score (nSPS) is 23.3. The molecule has 7 heteroatoms. The van der Waals surface area contributed by atoms with Crippen LogP contribution in [0.2, 0.25) is 0 Å². The van der Waals surface area contributed by atoms with Crippen LogP contribution in [0.1, 0.15) is 19.3 Å². The fraction of sp³-hybridized carbons (Fsp3) is 0.353. The van der Waals surface area contributed by atoms with Gasteiger partial charge in [0.1, 0.15) is 12.0 Å². The maximum Gasteiger partial charge on any atom is 0.241 e. The van der Waals surface area contributed by atoms with Crippen LogP contribution in [0.4, 0.5) is 8.78 Å². The molecule has 0 saturated heterocycles. The molecule has 5 nitrogen and oxygen atoms in total. The van der Waals surface area contributed by atoms with Crippen LogP contribution in [0.15, 0.2) is 31.0 Å². The molecule has 1 aliphatic carbocycles. The number of nitrogens with one attached hydrogen (secondary N) is 1. The van der Waals surface area contributed by atoms with Gasteiger partial charge in [-0.15, -0.1) is 12.3 Å². The number of aromatic amines is 1. The molecule has 24 heavy (non-hydrogen) atoms. The summed E-state index contributed by atoms with van der Waals surface area (Å²) in [6.07, 6.45) is 11.0. The first-order valence-corrected chi connectivity index (χ1v) is 7.68. The number of hydrogen-bond donors (Lipinski definition) is 1. The van der Waals surface area contributed by atoms with Crippen LogP contribution in [-0.2, 0) is 5.54 Å². The van der Waals surface area contributed by atoms with Crippen LogP contribution in [0, 0.1) is 18.3 Å². The van der Waals surface area contributed by atoms with Crippen LogP contribution in [0.3, 0.4) is 0 Å². The van der Waals surface area contributed by atoms with Gasteiger partial charge in [-0.05, 0) is 18.9 Å². The van der Waals surface area contributed by atoms with Gasteiger partial charge in [-0.2, -0.15) is 5.10 Å². The monoisotopic (exact) mass is 327 g/mol. The molecule has 0 spiro atoms. The number of fused-ring (bicyclic) bond motifs is 1. The highest BCUT2D eigenvalue weighted by atomic mass is 19.3. The van der Waals surface area contributed by atoms with Gasteiger partial charge in [-0.1, -0.05) is 0 Å². The zero-order valence-electron chi connectivity index (χ0n) is 12.8. The van der Waals surface area contributed by atoms with Gasteiger partial charge in [0.25, 0.3) is 0 Å². The van der Waals surface area contributed by atoms with Crippen LogP contribution >= 0.6 is 0 Å². The van der Waals surface area contributed by atoms with E-state index in [1.807, 2.05) is 12.3 Å². The molecule has 0 radical (unpaired) electrons. The first kappa shape index (κ1) is 14.8. The highest BCUT2D eigenvalue weighted by Crippen LogP contribution is 2.48. The fourth-order valence-electron chi connectivity index (χ4n) is 3.50. The first-order valence-electron chi connectivity index (χ1n) is 7.68. The number of H-pyrrole nitrogens is 1. The highest BCUT2D eigenvalue weighted by molar-refractivity contribution is 5.89. The van der Waals surface area contributed by atoms with Gasteiger partial charge in [0, 0.05) is 35.7 Å². The van der Waals surface area contributed by atoms with Crippen molar-refractivity contribution in [3.05, 3.63) is 31.0 Å². The summed E-state index contributed by atoms with van der Waals surface area (Å²) in [5.74, 6) is 2.00. The summed E-state index contributed by atoms with van der Waals surface area (Å²) >= 11 is 0. The average Bonchev–Trinajstić information content (AvgIpc) is 3.18. The maximum atomic E-state index is 12.9. The standard InChI is InChI=1S/C17H15F2N5/c1-2-4-17(6-11(7-17)15(18)19)24-9-12(8-23-24)14-13-3-5-20-16(13)22-10-21-14/h1,3,5,8-11,15H,4,6-7H2,(H,20,21,22). The lowest BCUT2D eigenvalue weighted by molar-refractivity contribution is -0.0471. The van der Waals surface area contributed by atoms with Crippen molar-refractivity contribution in [3.8, 4) is 23.6 Å². The van der Waals surface area contributed by atoms with Crippen molar-refractivity contribution in [2.24, 2.45) is 5.92 Å². The summed E-state index contributed by atoms with van der Waals surface area (Å²) in [7, 11) is 0. The summed E-state index contributed by atoms with van der Waals surface area (Å²) in [6, 6.07) is 1.90. The van der Waals surface area contributed by atoms with Gasteiger partial charge in [-0.25, -0.2) is 18.7 Å². The molecule has 122 valence electrons.